The number of nitrogens with zero attached hydrogens (tertiary/aromatic N) is 2. The molecular weight excluding hydrogens is 346 g/mol. The third kappa shape index (κ3) is 5.97. The Kier molecular flexibility index (Phi) is 6.73. The number of aryl methyl sites for hydroxylation is 1. The van der Waals surface area contributed by atoms with Gasteiger partial charge in [-0.3, -0.25) is 9.78 Å². The van der Waals surface area contributed by atoms with Gasteiger partial charge in [0.25, 0.3) is 0 Å². The number of aromatic nitrogens is 2. The Bertz CT molecular complexity index is 806. The molecule has 6 heteroatoms. The van der Waals surface area contributed by atoms with E-state index >= 15 is 0 Å². The van der Waals surface area contributed by atoms with Crippen LogP contribution in [0, 0.1) is 0 Å². The molecule has 2 heterocycles. The lowest BCUT2D eigenvalue weighted by atomic mass is 10.1. The molecule has 26 heavy (non-hydrogen) atoms. The Morgan fingerprint density at radius 3 is 2.85 bits per heavy atom. The molecule has 0 unspecified atom stereocenters. The molecule has 2 aromatic heterocycles. The largest absolute Gasteiger partial charge is 0.485 e. The van der Waals surface area contributed by atoms with Crippen LogP contribution < -0.4 is 10.1 Å². The third-order valence-corrected chi connectivity index (χ3v) is 4.62. The summed E-state index contributed by atoms with van der Waals surface area (Å²) in [6.45, 7) is 1.06. The molecule has 1 N–H and O–H groups in total. The van der Waals surface area contributed by atoms with Gasteiger partial charge in [-0.25, -0.2) is 4.98 Å². The highest BCUT2D eigenvalue weighted by Crippen LogP contribution is 2.14. The lowest BCUT2D eigenvalue weighted by Crippen LogP contribution is -2.26. The maximum atomic E-state index is 12.0. The van der Waals surface area contributed by atoms with E-state index in [1.807, 2.05) is 35.7 Å². The van der Waals surface area contributed by atoms with Gasteiger partial charge < -0.3 is 10.1 Å². The summed E-state index contributed by atoms with van der Waals surface area (Å²) in [6, 6.07) is 14.0. The molecule has 0 fully saturated rings. The average Bonchev–Trinajstić information content (AvgIpc) is 3.12. The Balaban J connectivity index is 1.36. The van der Waals surface area contributed by atoms with E-state index in [4.69, 9.17) is 4.74 Å². The maximum Gasteiger partial charge on any atom is 0.226 e. The number of pyridine rings is 1. The number of amides is 1. The Hall–Kier alpha value is -2.73. The molecule has 1 aromatic carbocycles. The molecule has 0 radical (unpaired) electrons. The second-order valence-corrected chi connectivity index (χ2v) is 6.77. The lowest BCUT2D eigenvalue weighted by Gasteiger charge is -2.04. The molecule has 0 saturated carbocycles. The fraction of sp³-hybridized carbons (Fsp3) is 0.250. The van der Waals surface area contributed by atoms with Crippen molar-refractivity contribution in [2.45, 2.75) is 25.9 Å². The summed E-state index contributed by atoms with van der Waals surface area (Å²) in [5.41, 5.74) is 2.07. The topological polar surface area (TPSA) is 64.1 Å². The number of ether oxygens (including phenoxy) is 1. The van der Waals surface area contributed by atoms with Crippen molar-refractivity contribution in [3.63, 3.8) is 0 Å². The van der Waals surface area contributed by atoms with Crippen LogP contribution >= 0.6 is 11.3 Å². The zero-order chi connectivity index (χ0) is 18.0. The summed E-state index contributed by atoms with van der Waals surface area (Å²) in [7, 11) is 0. The first-order chi connectivity index (χ1) is 12.8. The van der Waals surface area contributed by atoms with Crippen molar-refractivity contribution in [2.24, 2.45) is 0 Å². The molecule has 0 saturated heterocycles. The highest BCUT2D eigenvalue weighted by Gasteiger charge is 2.08. The van der Waals surface area contributed by atoms with Crippen molar-refractivity contribution < 1.29 is 9.53 Å². The fourth-order valence-electron chi connectivity index (χ4n) is 2.47. The Morgan fingerprint density at radius 1 is 1.15 bits per heavy atom. The van der Waals surface area contributed by atoms with Crippen molar-refractivity contribution >= 4 is 17.2 Å². The maximum absolute atomic E-state index is 12.0. The monoisotopic (exact) mass is 367 g/mol. The van der Waals surface area contributed by atoms with Crippen LogP contribution in [-0.2, 0) is 24.2 Å². The summed E-state index contributed by atoms with van der Waals surface area (Å²) in [5, 5.41) is 5.71. The zero-order valence-corrected chi connectivity index (χ0v) is 15.2. The summed E-state index contributed by atoms with van der Waals surface area (Å²) in [5.74, 6) is 0.712. The summed E-state index contributed by atoms with van der Waals surface area (Å²) < 4.78 is 5.62. The number of thiazole rings is 1. The number of rotatable bonds is 9. The normalized spacial score (nSPS) is 10.5. The highest BCUT2D eigenvalue weighted by atomic mass is 32.1. The van der Waals surface area contributed by atoms with E-state index in [-0.39, 0.29) is 5.91 Å². The lowest BCUT2D eigenvalue weighted by molar-refractivity contribution is -0.120. The highest BCUT2D eigenvalue weighted by molar-refractivity contribution is 7.09. The molecule has 0 spiro atoms. The van der Waals surface area contributed by atoms with Gasteiger partial charge in [0, 0.05) is 18.1 Å². The van der Waals surface area contributed by atoms with E-state index in [1.165, 1.54) is 16.9 Å². The van der Waals surface area contributed by atoms with Crippen molar-refractivity contribution in [2.75, 3.05) is 6.54 Å². The molecule has 0 aliphatic carbocycles. The van der Waals surface area contributed by atoms with Gasteiger partial charge in [-0.05, 0) is 30.5 Å². The molecule has 3 rings (SSSR count). The molecular formula is C20H21N3O2S. The minimum Gasteiger partial charge on any atom is -0.485 e. The number of carbonyl (C=O) groups is 1. The third-order valence-electron chi connectivity index (χ3n) is 3.74. The summed E-state index contributed by atoms with van der Waals surface area (Å²) in [6.07, 6.45) is 5.56. The second-order valence-electron chi connectivity index (χ2n) is 5.83. The predicted molar refractivity (Wildman–Crippen MR) is 102 cm³/mol. The van der Waals surface area contributed by atoms with Crippen LogP contribution in [0.15, 0.2) is 60.2 Å². The van der Waals surface area contributed by atoms with Crippen molar-refractivity contribution in [1.29, 1.82) is 0 Å². The van der Waals surface area contributed by atoms with Gasteiger partial charge in [0.05, 0.1) is 18.3 Å². The van der Waals surface area contributed by atoms with Gasteiger partial charge in [-0.15, -0.1) is 11.3 Å². The van der Waals surface area contributed by atoms with E-state index in [0.717, 1.165) is 23.5 Å². The quantitative estimate of drug-likeness (QED) is 0.589. The molecule has 0 aliphatic rings. The van der Waals surface area contributed by atoms with E-state index in [9.17, 15) is 4.79 Å². The second kappa shape index (κ2) is 9.68. The number of hydrogen-bond acceptors (Lipinski definition) is 5. The fourth-order valence-corrected chi connectivity index (χ4v) is 3.17. The van der Waals surface area contributed by atoms with E-state index in [1.54, 1.807) is 12.4 Å². The van der Waals surface area contributed by atoms with E-state index in [0.29, 0.717) is 25.3 Å². The van der Waals surface area contributed by atoms with Crippen LogP contribution in [0.2, 0.25) is 0 Å². The minimum atomic E-state index is 0.00286. The number of nitrogens with one attached hydrogen (secondary N) is 1. The van der Waals surface area contributed by atoms with Crippen LogP contribution in [0.1, 0.15) is 22.7 Å². The molecule has 3 aromatic rings. The van der Waals surface area contributed by atoms with Crippen LogP contribution in [0.5, 0.6) is 5.75 Å². The van der Waals surface area contributed by atoms with Gasteiger partial charge in [0.2, 0.25) is 5.91 Å². The van der Waals surface area contributed by atoms with Gasteiger partial charge >= 0.3 is 0 Å². The van der Waals surface area contributed by atoms with E-state index < -0.39 is 0 Å². The van der Waals surface area contributed by atoms with Crippen LogP contribution in [0.4, 0.5) is 0 Å². The minimum absolute atomic E-state index is 0.00286. The van der Waals surface area contributed by atoms with Crippen LogP contribution in [-0.4, -0.2) is 22.4 Å². The Labute approximate surface area is 157 Å². The summed E-state index contributed by atoms with van der Waals surface area (Å²) >= 11 is 1.50. The number of carbonyl (C=O) groups excluding carboxylic acids is 1. The molecule has 0 aliphatic heterocycles. The predicted octanol–water partition coefficient (Wildman–Crippen LogP) is 3.41. The molecule has 0 bridgehead atoms. The SMILES string of the molecule is O=C(Cc1csc(COc2cccnc2)n1)NCCCc1ccccc1. The van der Waals surface area contributed by atoms with Crippen molar-refractivity contribution in [3.8, 4) is 5.75 Å². The van der Waals surface area contributed by atoms with Gasteiger partial charge in [0.15, 0.2) is 0 Å². The van der Waals surface area contributed by atoms with Gasteiger partial charge in [0.1, 0.15) is 17.4 Å². The van der Waals surface area contributed by atoms with Crippen LogP contribution in [0.25, 0.3) is 0 Å². The molecule has 0 atom stereocenters. The molecule has 1 amide bonds. The van der Waals surface area contributed by atoms with Gasteiger partial charge in [-0.2, -0.15) is 0 Å². The molecule has 134 valence electrons. The Morgan fingerprint density at radius 2 is 2.04 bits per heavy atom. The number of benzene rings is 1. The standard InChI is InChI=1S/C20H21N3O2S/c24-19(22-11-4-8-16-6-2-1-3-7-16)12-17-15-26-20(23-17)14-25-18-9-5-10-21-13-18/h1-3,5-7,9-10,13,15H,4,8,11-12,14H2,(H,22,24). The number of hydrogen-bond donors (Lipinski definition) is 1. The van der Waals surface area contributed by atoms with Crippen molar-refractivity contribution in [3.05, 3.63) is 76.5 Å². The smallest absolute Gasteiger partial charge is 0.226 e. The van der Waals surface area contributed by atoms with E-state index in [2.05, 4.69) is 27.4 Å². The average molecular weight is 367 g/mol. The first-order valence-corrected chi connectivity index (χ1v) is 9.44. The van der Waals surface area contributed by atoms with Gasteiger partial charge in [-0.1, -0.05) is 30.3 Å². The molecule has 5 nitrogen and oxygen atoms in total. The summed E-state index contributed by atoms with van der Waals surface area (Å²) in [4.78, 5) is 20.5. The first kappa shape index (κ1) is 18.1. The van der Waals surface area contributed by atoms with Crippen molar-refractivity contribution in [1.82, 2.24) is 15.3 Å². The van der Waals surface area contributed by atoms with Crippen LogP contribution in [0.3, 0.4) is 0 Å². The zero-order valence-electron chi connectivity index (χ0n) is 14.4. The first-order valence-electron chi connectivity index (χ1n) is 8.56.